The van der Waals surface area contributed by atoms with E-state index in [9.17, 15) is 0 Å². The molecule has 0 spiro atoms. The molecule has 0 heterocycles. The fourth-order valence-corrected chi connectivity index (χ4v) is 2.12. The lowest BCUT2D eigenvalue weighted by atomic mass is 9.77. The molecule has 0 bridgehead atoms. The molecule has 2 rings (SSSR count). The van der Waals surface area contributed by atoms with Crippen LogP contribution < -0.4 is 5.73 Å². The number of hydrogen-bond acceptors (Lipinski definition) is 1. The van der Waals surface area contributed by atoms with Crippen LogP contribution in [0.25, 0.3) is 0 Å². The van der Waals surface area contributed by atoms with E-state index in [4.69, 9.17) is 5.73 Å². The molecule has 2 aliphatic carbocycles. The van der Waals surface area contributed by atoms with Gasteiger partial charge in [0.25, 0.3) is 0 Å². The van der Waals surface area contributed by atoms with E-state index in [-0.39, 0.29) is 0 Å². The summed E-state index contributed by atoms with van der Waals surface area (Å²) in [5, 5.41) is 0. The van der Waals surface area contributed by atoms with Gasteiger partial charge in [-0.2, -0.15) is 0 Å². The van der Waals surface area contributed by atoms with E-state index in [0.29, 0.717) is 5.92 Å². The van der Waals surface area contributed by atoms with Crippen molar-refractivity contribution in [3.05, 3.63) is 23.9 Å². The van der Waals surface area contributed by atoms with E-state index in [1.54, 1.807) is 0 Å². The Kier molecular flexibility index (Phi) is 1.72. The maximum atomic E-state index is 5.77. The van der Waals surface area contributed by atoms with Crippen LogP contribution in [0.1, 0.15) is 25.7 Å². The van der Waals surface area contributed by atoms with Crippen LogP contribution in [-0.2, 0) is 0 Å². The standard InChI is InChI=1S/C10H15N/c11-10-6-5-8-3-1-2-4-9(8)7-10/h2,4,7-9H,1,3,5-6,11H2. The monoisotopic (exact) mass is 149 g/mol. The summed E-state index contributed by atoms with van der Waals surface area (Å²) in [5.74, 6) is 1.56. The van der Waals surface area contributed by atoms with Gasteiger partial charge in [0.15, 0.2) is 0 Å². The molecule has 0 saturated heterocycles. The molecule has 11 heavy (non-hydrogen) atoms. The smallest absolute Gasteiger partial charge is 0.00461 e. The molecule has 0 aliphatic heterocycles. The third-order valence-corrected chi connectivity index (χ3v) is 2.82. The maximum Gasteiger partial charge on any atom is 0.00461 e. The van der Waals surface area contributed by atoms with Crippen molar-refractivity contribution in [2.24, 2.45) is 17.6 Å². The van der Waals surface area contributed by atoms with Crippen LogP contribution in [0, 0.1) is 11.8 Å². The minimum atomic E-state index is 0.664. The highest BCUT2D eigenvalue weighted by molar-refractivity contribution is 5.14. The van der Waals surface area contributed by atoms with Gasteiger partial charge in [0, 0.05) is 5.70 Å². The van der Waals surface area contributed by atoms with E-state index < -0.39 is 0 Å². The fraction of sp³-hybridized carbons (Fsp3) is 0.600. The molecule has 0 amide bonds. The van der Waals surface area contributed by atoms with Gasteiger partial charge in [0.05, 0.1) is 0 Å². The zero-order valence-electron chi connectivity index (χ0n) is 6.79. The number of nitrogens with two attached hydrogens (primary N) is 1. The highest BCUT2D eigenvalue weighted by Gasteiger charge is 2.23. The van der Waals surface area contributed by atoms with E-state index in [2.05, 4.69) is 18.2 Å². The predicted molar refractivity (Wildman–Crippen MR) is 46.9 cm³/mol. The van der Waals surface area contributed by atoms with Gasteiger partial charge >= 0.3 is 0 Å². The van der Waals surface area contributed by atoms with E-state index >= 15 is 0 Å². The lowest BCUT2D eigenvalue weighted by molar-refractivity contribution is 0.361. The van der Waals surface area contributed by atoms with Crippen molar-refractivity contribution in [2.75, 3.05) is 0 Å². The average Bonchev–Trinajstić information content (AvgIpc) is 2.04. The van der Waals surface area contributed by atoms with Crippen molar-refractivity contribution in [2.45, 2.75) is 25.7 Å². The molecular formula is C10H15N. The zero-order valence-corrected chi connectivity index (χ0v) is 6.79. The summed E-state index contributed by atoms with van der Waals surface area (Å²) < 4.78 is 0. The predicted octanol–water partition coefficient (Wildman–Crippen LogP) is 2.21. The topological polar surface area (TPSA) is 26.0 Å². The second-order valence-corrected chi connectivity index (χ2v) is 3.62. The lowest BCUT2D eigenvalue weighted by Gasteiger charge is -2.29. The normalized spacial score (nSPS) is 36.2. The second-order valence-electron chi connectivity index (χ2n) is 3.62. The molecule has 2 N–H and O–H groups in total. The van der Waals surface area contributed by atoms with Crippen molar-refractivity contribution < 1.29 is 0 Å². The second kappa shape index (κ2) is 2.72. The van der Waals surface area contributed by atoms with Gasteiger partial charge in [0.1, 0.15) is 0 Å². The highest BCUT2D eigenvalue weighted by Crippen LogP contribution is 2.34. The van der Waals surface area contributed by atoms with Crippen LogP contribution in [-0.4, -0.2) is 0 Å². The quantitative estimate of drug-likeness (QED) is 0.525. The van der Waals surface area contributed by atoms with Crippen LogP contribution in [0.5, 0.6) is 0 Å². The summed E-state index contributed by atoms with van der Waals surface area (Å²) in [7, 11) is 0. The van der Waals surface area contributed by atoms with Gasteiger partial charge < -0.3 is 5.73 Å². The van der Waals surface area contributed by atoms with Gasteiger partial charge in [-0.15, -0.1) is 0 Å². The first kappa shape index (κ1) is 6.96. The number of hydrogen-bond donors (Lipinski definition) is 1. The Morgan fingerprint density at radius 3 is 3.18 bits per heavy atom. The van der Waals surface area contributed by atoms with Gasteiger partial charge in [-0.1, -0.05) is 18.2 Å². The minimum Gasteiger partial charge on any atom is -0.402 e. The molecule has 0 aromatic heterocycles. The molecular weight excluding hydrogens is 134 g/mol. The van der Waals surface area contributed by atoms with Crippen LogP contribution in [0.3, 0.4) is 0 Å². The Bertz CT molecular complexity index is 203. The highest BCUT2D eigenvalue weighted by atomic mass is 14.6. The first-order valence-corrected chi connectivity index (χ1v) is 4.49. The van der Waals surface area contributed by atoms with Crippen LogP contribution >= 0.6 is 0 Å². The van der Waals surface area contributed by atoms with Gasteiger partial charge in [-0.25, -0.2) is 0 Å². The summed E-state index contributed by atoms with van der Waals surface area (Å²) in [5.41, 5.74) is 6.86. The molecule has 2 atom stereocenters. The number of rotatable bonds is 0. The Labute approximate surface area is 68.0 Å². The summed E-state index contributed by atoms with van der Waals surface area (Å²) in [6, 6.07) is 0. The fourth-order valence-electron chi connectivity index (χ4n) is 2.12. The van der Waals surface area contributed by atoms with Crippen LogP contribution in [0.15, 0.2) is 23.9 Å². The third-order valence-electron chi connectivity index (χ3n) is 2.82. The first-order chi connectivity index (χ1) is 5.36. The first-order valence-electron chi connectivity index (χ1n) is 4.49. The van der Waals surface area contributed by atoms with Crippen LogP contribution in [0.4, 0.5) is 0 Å². The molecule has 1 nitrogen and oxygen atoms in total. The molecule has 2 aliphatic rings. The number of allylic oxidation sites excluding steroid dienone is 4. The molecule has 0 aromatic rings. The maximum absolute atomic E-state index is 5.77. The van der Waals surface area contributed by atoms with Crippen molar-refractivity contribution in [1.29, 1.82) is 0 Å². The molecule has 2 unspecified atom stereocenters. The molecule has 0 fully saturated rings. The van der Waals surface area contributed by atoms with Crippen LogP contribution in [0.2, 0.25) is 0 Å². The Morgan fingerprint density at radius 2 is 2.27 bits per heavy atom. The van der Waals surface area contributed by atoms with Gasteiger partial charge in [-0.05, 0) is 37.5 Å². The van der Waals surface area contributed by atoms with Crippen molar-refractivity contribution in [1.82, 2.24) is 0 Å². The van der Waals surface area contributed by atoms with Crippen molar-refractivity contribution >= 4 is 0 Å². The van der Waals surface area contributed by atoms with Crippen molar-refractivity contribution in [3.63, 3.8) is 0 Å². The molecule has 1 heteroatoms. The molecule has 60 valence electrons. The molecule has 0 aromatic carbocycles. The summed E-state index contributed by atoms with van der Waals surface area (Å²) in [4.78, 5) is 0. The minimum absolute atomic E-state index is 0.664. The Hall–Kier alpha value is -0.720. The third kappa shape index (κ3) is 1.32. The molecule has 0 radical (unpaired) electrons. The van der Waals surface area contributed by atoms with E-state index in [1.165, 1.54) is 19.3 Å². The number of fused-ring (bicyclic) bond motifs is 1. The summed E-state index contributed by atoms with van der Waals surface area (Å²) in [6.07, 6.45) is 11.9. The molecule has 0 saturated carbocycles. The van der Waals surface area contributed by atoms with Crippen molar-refractivity contribution in [3.8, 4) is 0 Å². The Morgan fingerprint density at radius 1 is 1.36 bits per heavy atom. The Balaban J connectivity index is 2.18. The lowest BCUT2D eigenvalue weighted by Crippen LogP contribution is -2.20. The average molecular weight is 149 g/mol. The van der Waals surface area contributed by atoms with E-state index in [1.807, 2.05) is 0 Å². The summed E-state index contributed by atoms with van der Waals surface area (Å²) in [6.45, 7) is 0. The van der Waals surface area contributed by atoms with Gasteiger partial charge in [0.2, 0.25) is 0 Å². The van der Waals surface area contributed by atoms with Gasteiger partial charge in [-0.3, -0.25) is 0 Å². The summed E-state index contributed by atoms with van der Waals surface area (Å²) >= 11 is 0. The SMILES string of the molecule is NC1=CC2C=CCCC2CC1. The zero-order chi connectivity index (χ0) is 7.68. The van der Waals surface area contributed by atoms with E-state index in [0.717, 1.165) is 18.0 Å². The largest absolute Gasteiger partial charge is 0.402 e.